The highest BCUT2D eigenvalue weighted by molar-refractivity contribution is 9.09. The standard InChI is InChI=1S/C11H14BrNO3/c1-13(11(16)4-5-12)7-8-2-3-9(14)6-10(8)15/h2-3,6,14-15H,4-5,7H2,1H3. The van der Waals surface area contributed by atoms with Gasteiger partial charge < -0.3 is 15.1 Å². The second-order valence-electron chi connectivity index (χ2n) is 3.50. The number of carbonyl (C=O) groups excluding carboxylic acids is 1. The molecular formula is C11H14BrNO3. The number of nitrogens with zero attached hydrogens (tertiary/aromatic N) is 1. The van der Waals surface area contributed by atoms with Crippen molar-refractivity contribution in [2.75, 3.05) is 12.4 Å². The van der Waals surface area contributed by atoms with Crippen molar-refractivity contribution in [1.82, 2.24) is 4.90 Å². The molecule has 0 heterocycles. The summed E-state index contributed by atoms with van der Waals surface area (Å²) in [5.74, 6) is 0.0125. The molecule has 5 heteroatoms. The Kier molecular flexibility index (Phi) is 4.61. The van der Waals surface area contributed by atoms with E-state index in [1.54, 1.807) is 13.1 Å². The van der Waals surface area contributed by atoms with Crippen LogP contribution in [0.5, 0.6) is 11.5 Å². The van der Waals surface area contributed by atoms with E-state index in [4.69, 9.17) is 5.11 Å². The molecule has 1 aromatic carbocycles. The van der Waals surface area contributed by atoms with Crippen LogP contribution in [0.4, 0.5) is 0 Å². The number of phenols is 2. The topological polar surface area (TPSA) is 60.8 Å². The number of amides is 1. The van der Waals surface area contributed by atoms with Crippen LogP contribution in [0.2, 0.25) is 0 Å². The van der Waals surface area contributed by atoms with Gasteiger partial charge in [0.15, 0.2) is 0 Å². The van der Waals surface area contributed by atoms with Crippen molar-refractivity contribution >= 4 is 21.8 Å². The summed E-state index contributed by atoms with van der Waals surface area (Å²) < 4.78 is 0. The van der Waals surface area contributed by atoms with Gasteiger partial charge in [0.05, 0.1) is 0 Å². The number of hydrogen-bond acceptors (Lipinski definition) is 3. The van der Waals surface area contributed by atoms with Crippen molar-refractivity contribution < 1.29 is 15.0 Å². The maximum Gasteiger partial charge on any atom is 0.223 e. The number of aromatic hydroxyl groups is 2. The number of benzene rings is 1. The number of halogens is 1. The van der Waals surface area contributed by atoms with Gasteiger partial charge in [-0.2, -0.15) is 0 Å². The number of phenolic OH excluding ortho intramolecular Hbond substituents is 2. The average Bonchev–Trinajstić information content (AvgIpc) is 2.22. The summed E-state index contributed by atoms with van der Waals surface area (Å²) in [5, 5.41) is 19.3. The molecule has 0 atom stereocenters. The zero-order chi connectivity index (χ0) is 12.1. The molecule has 0 fully saturated rings. The lowest BCUT2D eigenvalue weighted by Crippen LogP contribution is -2.26. The Morgan fingerprint density at radius 2 is 2.12 bits per heavy atom. The monoisotopic (exact) mass is 287 g/mol. The number of hydrogen-bond donors (Lipinski definition) is 2. The van der Waals surface area contributed by atoms with Crippen LogP contribution in [0, 0.1) is 0 Å². The van der Waals surface area contributed by atoms with Gasteiger partial charge in [-0.3, -0.25) is 4.79 Å². The molecule has 1 amide bonds. The van der Waals surface area contributed by atoms with Crippen LogP contribution in [0.25, 0.3) is 0 Å². The molecule has 0 aliphatic carbocycles. The molecule has 0 aliphatic rings. The van der Waals surface area contributed by atoms with Crippen LogP contribution in [0.1, 0.15) is 12.0 Å². The predicted molar refractivity (Wildman–Crippen MR) is 64.7 cm³/mol. The summed E-state index contributed by atoms with van der Waals surface area (Å²) >= 11 is 3.20. The fourth-order valence-corrected chi connectivity index (χ4v) is 1.64. The van der Waals surface area contributed by atoms with Crippen molar-refractivity contribution in [3.05, 3.63) is 23.8 Å². The Hall–Kier alpha value is -1.23. The highest BCUT2D eigenvalue weighted by Crippen LogP contribution is 2.23. The van der Waals surface area contributed by atoms with Gasteiger partial charge >= 0.3 is 0 Å². The molecule has 88 valence electrons. The van der Waals surface area contributed by atoms with Crippen LogP contribution in [-0.4, -0.2) is 33.4 Å². The van der Waals surface area contributed by atoms with Crippen molar-refractivity contribution in [2.24, 2.45) is 0 Å². The van der Waals surface area contributed by atoms with Crippen molar-refractivity contribution in [3.63, 3.8) is 0 Å². The van der Waals surface area contributed by atoms with Gasteiger partial charge in [-0.1, -0.05) is 15.9 Å². The summed E-state index contributed by atoms with van der Waals surface area (Å²) in [6.45, 7) is 0.331. The highest BCUT2D eigenvalue weighted by atomic mass is 79.9. The fourth-order valence-electron chi connectivity index (χ4n) is 1.30. The molecule has 0 saturated heterocycles. The molecule has 0 radical (unpaired) electrons. The average molecular weight is 288 g/mol. The van der Waals surface area contributed by atoms with Gasteiger partial charge in [-0.05, 0) is 12.1 Å². The Balaban J connectivity index is 2.69. The van der Waals surface area contributed by atoms with Gasteiger partial charge in [0.2, 0.25) is 5.91 Å². The third-order valence-electron chi connectivity index (χ3n) is 2.21. The van der Waals surface area contributed by atoms with Crippen molar-refractivity contribution in [2.45, 2.75) is 13.0 Å². The predicted octanol–water partition coefficient (Wildman–Crippen LogP) is 1.84. The first-order chi connectivity index (χ1) is 7.54. The number of alkyl halides is 1. The minimum absolute atomic E-state index is 0.00140. The van der Waals surface area contributed by atoms with Gasteiger partial charge in [0.1, 0.15) is 11.5 Å². The molecule has 0 aliphatic heterocycles. The highest BCUT2D eigenvalue weighted by Gasteiger charge is 2.10. The second-order valence-corrected chi connectivity index (χ2v) is 4.29. The van der Waals surface area contributed by atoms with E-state index in [9.17, 15) is 9.90 Å². The van der Waals surface area contributed by atoms with E-state index >= 15 is 0 Å². The van der Waals surface area contributed by atoms with E-state index in [1.165, 1.54) is 17.0 Å². The summed E-state index contributed by atoms with van der Waals surface area (Å²) in [4.78, 5) is 13.0. The minimum Gasteiger partial charge on any atom is -0.508 e. The molecule has 0 unspecified atom stereocenters. The van der Waals surface area contributed by atoms with E-state index in [0.717, 1.165) is 0 Å². The molecule has 0 spiro atoms. The van der Waals surface area contributed by atoms with Gasteiger partial charge in [0, 0.05) is 37.0 Å². The van der Waals surface area contributed by atoms with Gasteiger partial charge in [0.25, 0.3) is 0 Å². The lowest BCUT2D eigenvalue weighted by molar-refractivity contribution is -0.129. The largest absolute Gasteiger partial charge is 0.508 e. The van der Waals surface area contributed by atoms with E-state index < -0.39 is 0 Å². The van der Waals surface area contributed by atoms with Gasteiger partial charge in [-0.25, -0.2) is 0 Å². The van der Waals surface area contributed by atoms with Crippen molar-refractivity contribution in [3.8, 4) is 11.5 Å². The Bertz CT molecular complexity index is 381. The smallest absolute Gasteiger partial charge is 0.223 e. The lowest BCUT2D eigenvalue weighted by Gasteiger charge is -2.17. The summed E-state index contributed by atoms with van der Waals surface area (Å²) in [5.41, 5.74) is 0.614. The zero-order valence-electron chi connectivity index (χ0n) is 8.98. The molecule has 1 rings (SSSR count). The van der Waals surface area contributed by atoms with Gasteiger partial charge in [-0.15, -0.1) is 0 Å². The van der Waals surface area contributed by atoms with Crippen LogP contribution < -0.4 is 0 Å². The summed E-state index contributed by atoms with van der Waals surface area (Å²) in [7, 11) is 1.68. The molecule has 16 heavy (non-hydrogen) atoms. The van der Waals surface area contributed by atoms with Crippen LogP contribution in [0.3, 0.4) is 0 Å². The van der Waals surface area contributed by atoms with Crippen LogP contribution in [-0.2, 0) is 11.3 Å². The fraction of sp³-hybridized carbons (Fsp3) is 0.364. The summed E-state index contributed by atoms with van der Waals surface area (Å²) in [6, 6.07) is 4.35. The molecule has 0 aromatic heterocycles. The van der Waals surface area contributed by atoms with Crippen LogP contribution >= 0.6 is 15.9 Å². The lowest BCUT2D eigenvalue weighted by atomic mass is 10.2. The first kappa shape index (κ1) is 12.8. The Labute approximate surface area is 103 Å². The maximum absolute atomic E-state index is 11.5. The molecule has 2 N–H and O–H groups in total. The minimum atomic E-state index is -0.00140. The third kappa shape index (κ3) is 3.41. The Morgan fingerprint density at radius 3 is 2.69 bits per heavy atom. The van der Waals surface area contributed by atoms with Crippen molar-refractivity contribution in [1.29, 1.82) is 0 Å². The van der Waals surface area contributed by atoms with E-state index in [0.29, 0.717) is 23.9 Å². The first-order valence-corrected chi connectivity index (χ1v) is 5.97. The SMILES string of the molecule is CN(Cc1ccc(O)cc1O)C(=O)CCBr. The molecule has 0 bridgehead atoms. The molecule has 0 saturated carbocycles. The third-order valence-corrected chi connectivity index (χ3v) is 2.61. The van der Waals surface area contributed by atoms with E-state index in [1.807, 2.05) is 0 Å². The van der Waals surface area contributed by atoms with E-state index in [2.05, 4.69) is 15.9 Å². The molecule has 1 aromatic rings. The normalized spacial score (nSPS) is 10.1. The zero-order valence-corrected chi connectivity index (χ0v) is 10.6. The number of rotatable bonds is 4. The molecular weight excluding hydrogens is 274 g/mol. The number of carbonyl (C=O) groups is 1. The van der Waals surface area contributed by atoms with E-state index in [-0.39, 0.29) is 17.4 Å². The van der Waals surface area contributed by atoms with Crippen LogP contribution in [0.15, 0.2) is 18.2 Å². The second kappa shape index (κ2) is 5.75. The Morgan fingerprint density at radius 1 is 1.44 bits per heavy atom. The summed E-state index contributed by atoms with van der Waals surface area (Å²) in [6.07, 6.45) is 0.426. The first-order valence-electron chi connectivity index (χ1n) is 4.85. The quantitative estimate of drug-likeness (QED) is 0.831. The maximum atomic E-state index is 11.5. The molecule has 4 nitrogen and oxygen atoms in total.